The number of aromatic nitrogens is 1. The third-order valence-electron chi connectivity index (χ3n) is 5.43. The zero-order valence-corrected chi connectivity index (χ0v) is 19.4. The predicted octanol–water partition coefficient (Wildman–Crippen LogP) is 5.53. The fourth-order valence-electron chi connectivity index (χ4n) is 3.76. The first-order chi connectivity index (χ1) is 15.4. The van der Waals surface area contributed by atoms with Crippen LogP contribution in [0.1, 0.15) is 31.4 Å². The molecule has 1 heterocycles. The molecule has 1 amide bonds. The number of anilines is 2. The molecule has 1 atom stereocenters. The minimum absolute atomic E-state index is 0.0304. The molecule has 0 radical (unpaired) electrons. The molecule has 0 spiro atoms. The molecule has 4 rings (SSSR count). The van der Waals surface area contributed by atoms with E-state index in [2.05, 4.69) is 15.0 Å². The van der Waals surface area contributed by atoms with Gasteiger partial charge < -0.3 is 14.8 Å². The van der Waals surface area contributed by atoms with Crippen molar-refractivity contribution in [2.24, 2.45) is 5.92 Å². The SMILES string of the molecule is COc1ccc(-c2sc(NC(=O)C3CCCC3)nc2C)cc1S(=O)Nc1ccc(F)cc1. The molecule has 0 saturated heterocycles. The van der Waals surface area contributed by atoms with Crippen molar-refractivity contribution in [2.75, 3.05) is 17.1 Å². The minimum atomic E-state index is -1.63. The molecule has 6 nitrogen and oxygen atoms in total. The van der Waals surface area contributed by atoms with Crippen LogP contribution >= 0.6 is 11.3 Å². The molecule has 2 aromatic carbocycles. The number of carbonyl (C=O) groups excluding carboxylic acids is 1. The number of aryl methyl sites for hydroxylation is 1. The second-order valence-corrected chi connectivity index (χ2v) is 9.83. The Bertz CT molecular complexity index is 1140. The highest BCUT2D eigenvalue weighted by Gasteiger charge is 2.24. The van der Waals surface area contributed by atoms with Crippen LogP contribution in [-0.2, 0) is 15.8 Å². The molecule has 0 bridgehead atoms. The Hall–Kier alpha value is -2.78. The van der Waals surface area contributed by atoms with Crippen molar-refractivity contribution < 1.29 is 18.1 Å². The maximum atomic E-state index is 13.2. The van der Waals surface area contributed by atoms with E-state index < -0.39 is 11.0 Å². The van der Waals surface area contributed by atoms with E-state index in [4.69, 9.17) is 4.74 Å². The lowest BCUT2D eigenvalue weighted by Gasteiger charge is -2.12. The Kier molecular flexibility index (Phi) is 6.86. The van der Waals surface area contributed by atoms with E-state index in [-0.39, 0.29) is 17.6 Å². The number of methoxy groups -OCH3 is 1. The largest absolute Gasteiger partial charge is 0.495 e. The molecule has 1 unspecified atom stereocenters. The maximum Gasteiger partial charge on any atom is 0.229 e. The van der Waals surface area contributed by atoms with Crippen molar-refractivity contribution >= 4 is 39.0 Å². The Labute approximate surface area is 192 Å². The van der Waals surface area contributed by atoms with Gasteiger partial charge in [-0.25, -0.2) is 13.6 Å². The fraction of sp³-hybridized carbons (Fsp3) is 0.304. The normalized spacial score (nSPS) is 14.8. The van der Waals surface area contributed by atoms with Crippen molar-refractivity contribution in [1.29, 1.82) is 0 Å². The molecule has 2 N–H and O–H groups in total. The predicted molar refractivity (Wildman–Crippen MR) is 126 cm³/mol. The number of nitrogens with zero attached hydrogens (tertiary/aromatic N) is 1. The first kappa shape index (κ1) is 22.4. The Balaban J connectivity index is 1.57. The van der Waals surface area contributed by atoms with E-state index in [1.807, 2.05) is 13.0 Å². The average molecular weight is 474 g/mol. The topological polar surface area (TPSA) is 80.3 Å². The van der Waals surface area contributed by atoms with Crippen molar-refractivity contribution in [3.05, 3.63) is 54.0 Å². The molecule has 3 aromatic rings. The van der Waals surface area contributed by atoms with E-state index >= 15 is 0 Å². The van der Waals surface area contributed by atoms with E-state index in [9.17, 15) is 13.4 Å². The zero-order chi connectivity index (χ0) is 22.7. The highest BCUT2D eigenvalue weighted by Crippen LogP contribution is 2.37. The van der Waals surface area contributed by atoms with Gasteiger partial charge in [-0.2, -0.15) is 0 Å². The fourth-order valence-corrected chi connectivity index (χ4v) is 5.75. The molecular weight excluding hydrogens is 449 g/mol. The lowest BCUT2D eigenvalue weighted by molar-refractivity contribution is -0.119. The van der Waals surface area contributed by atoms with Crippen LogP contribution in [0.2, 0.25) is 0 Å². The quantitative estimate of drug-likeness (QED) is 0.473. The van der Waals surface area contributed by atoms with E-state index in [1.165, 1.54) is 42.7 Å². The number of hydrogen-bond donors (Lipinski definition) is 2. The summed E-state index contributed by atoms with van der Waals surface area (Å²) in [7, 11) is -0.114. The number of nitrogens with one attached hydrogen (secondary N) is 2. The van der Waals surface area contributed by atoms with Crippen LogP contribution in [0.5, 0.6) is 5.75 Å². The van der Waals surface area contributed by atoms with Crippen LogP contribution in [0.15, 0.2) is 47.4 Å². The number of ether oxygens (including phenoxy) is 1. The number of thiazole rings is 1. The first-order valence-electron chi connectivity index (χ1n) is 10.4. The summed E-state index contributed by atoms with van der Waals surface area (Å²) >= 11 is 1.39. The second-order valence-electron chi connectivity index (χ2n) is 7.65. The summed E-state index contributed by atoms with van der Waals surface area (Å²) in [5, 5.41) is 3.52. The molecule has 1 aromatic heterocycles. The van der Waals surface area contributed by atoms with E-state index in [0.717, 1.165) is 41.8 Å². The monoisotopic (exact) mass is 473 g/mol. The number of benzene rings is 2. The van der Waals surface area contributed by atoms with Gasteiger partial charge in [0.1, 0.15) is 16.5 Å². The van der Waals surface area contributed by atoms with Gasteiger partial charge in [-0.3, -0.25) is 4.79 Å². The summed E-state index contributed by atoms with van der Waals surface area (Å²) in [5.74, 6) is 0.203. The van der Waals surface area contributed by atoms with Crippen molar-refractivity contribution in [3.63, 3.8) is 0 Å². The van der Waals surface area contributed by atoms with Crippen molar-refractivity contribution in [2.45, 2.75) is 37.5 Å². The number of amides is 1. The molecule has 1 fully saturated rings. The number of halogens is 1. The zero-order valence-electron chi connectivity index (χ0n) is 17.8. The molecule has 1 aliphatic carbocycles. The number of carbonyl (C=O) groups is 1. The second kappa shape index (κ2) is 9.79. The smallest absolute Gasteiger partial charge is 0.229 e. The highest BCUT2D eigenvalue weighted by molar-refractivity contribution is 7.86. The van der Waals surface area contributed by atoms with Gasteiger partial charge in [0.25, 0.3) is 0 Å². The summed E-state index contributed by atoms with van der Waals surface area (Å²) in [6.45, 7) is 1.88. The van der Waals surface area contributed by atoms with Crippen LogP contribution in [0.4, 0.5) is 15.2 Å². The van der Waals surface area contributed by atoms with Gasteiger partial charge in [0.05, 0.1) is 17.7 Å². The number of rotatable bonds is 7. The van der Waals surface area contributed by atoms with Crippen LogP contribution < -0.4 is 14.8 Å². The van der Waals surface area contributed by atoms with Crippen molar-refractivity contribution in [3.8, 4) is 16.2 Å². The minimum Gasteiger partial charge on any atom is -0.495 e. The molecule has 32 heavy (non-hydrogen) atoms. The lowest BCUT2D eigenvalue weighted by Crippen LogP contribution is -2.20. The average Bonchev–Trinajstić information content (AvgIpc) is 3.45. The number of hydrogen-bond acceptors (Lipinski definition) is 5. The Morgan fingerprint density at radius 1 is 1.19 bits per heavy atom. The molecule has 168 valence electrons. The summed E-state index contributed by atoms with van der Waals surface area (Å²) in [6, 6.07) is 11.1. The molecule has 1 saturated carbocycles. The third-order valence-corrected chi connectivity index (χ3v) is 7.69. The lowest BCUT2D eigenvalue weighted by atomic mass is 10.1. The summed E-state index contributed by atoms with van der Waals surface area (Å²) in [4.78, 5) is 18.3. The van der Waals surface area contributed by atoms with Crippen LogP contribution in [0, 0.1) is 18.7 Å². The van der Waals surface area contributed by atoms with E-state index in [0.29, 0.717) is 21.5 Å². The van der Waals surface area contributed by atoms with Gasteiger partial charge in [-0.1, -0.05) is 24.2 Å². The highest BCUT2D eigenvalue weighted by atomic mass is 32.2. The summed E-state index contributed by atoms with van der Waals surface area (Å²) in [6.07, 6.45) is 4.05. The molecular formula is C23H24FN3O3S2. The van der Waals surface area contributed by atoms with Crippen molar-refractivity contribution in [1.82, 2.24) is 4.98 Å². The molecule has 9 heteroatoms. The van der Waals surface area contributed by atoms with Gasteiger partial charge in [0.15, 0.2) is 16.1 Å². The summed E-state index contributed by atoms with van der Waals surface area (Å²) < 4.78 is 34.4. The van der Waals surface area contributed by atoms with E-state index in [1.54, 1.807) is 12.1 Å². The maximum absolute atomic E-state index is 13.2. The molecule has 1 aliphatic rings. The van der Waals surface area contributed by atoms with Gasteiger partial charge in [0.2, 0.25) is 5.91 Å². The summed E-state index contributed by atoms with van der Waals surface area (Å²) in [5.41, 5.74) is 2.14. The first-order valence-corrected chi connectivity index (χ1v) is 12.3. The van der Waals surface area contributed by atoms with Gasteiger partial charge in [-0.05, 0) is 67.8 Å². The van der Waals surface area contributed by atoms with Crippen LogP contribution in [0.3, 0.4) is 0 Å². The Morgan fingerprint density at radius 2 is 1.91 bits per heavy atom. The standard InChI is InChI=1S/C23H24FN3O3S2/c1-14-21(31-23(25-14)26-22(28)15-5-3-4-6-15)16-7-12-19(30-2)20(13-16)32(29)27-18-10-8-17(24)9-11-18/h7-13,15,27H,3-6H2,1-2H3,(H,25,26,28). The van der Waals surface area contributed by atoms with Gasteiger partial charge in [0, 0.05) is 11.6 Å². The Morgan fingerprint density at radius 3 is 2.59 bits per heavy atom. The van der Waals surface area contributed by atoms with Gasteiger partial charge in [-0.15, -0.1) is 0 Å². The van der Waals surface area contributed by atoms with Gasteiger partial charge >= 0.3 is 0 Å². The van der Waals surface area contributed by atoms with Crippen LogP contribution in [-0.4, -0.2) is 22.2 Å². The van der Waals surface area contributed by atoms with Crippen LogP contribution in [0.25, 0.3) is 10.4 Å². The third kappa shape index (κ3) is 4.99. The molecule has 0 aliphatic heterocycles.